The van der Waals surface area contributed by atoms with Crippen LogP contribution in [0.25, 0.3) is 0 Å². The van der Waals surface area contributed by atoms with Gasteiger partial charge in [0.25, 0.3) is 0 Å². The van der Waals surface area contributed by atoms with Crippen molar-refractivity contribution in [1.29, 1.82) is 0 Å². The second-order valence-corrected chi connectivity index (χ2v) is 6.62. The highest BCUT2D eigenvalue weighted by Crippen LogP contribution is 2.17. The maximum atomic E-state index is 12.9. The molecule has 6 heteroatoms. The zero-order chi connectivity index (χ0) is 17.5. The van der Waals surface area contributed by atoms with E-state index in [0.29, 0.717) is 12.3 Å². The number of nitrogens with one attached hydrogen (secondary N) is 1. The van der Waals surface area contributed by atoms with E-state index in [1.807, 2.05) is 22.9 Å². The molecule has 0 saturated heterocycles. The van der Waals surface area contributed by atoms with E-state index in [0.717, 1.165) is 22.6 Å². The van der Waals surface area contributed by atoms with Gasteiger partial charge >= 0.3 is 0 Å². The van der Waals surface area contributed by atoms with Crippen LogP contribution in [-0.4, -0.2) is 21.2 Å². The quantitative estimate of drug-likeness (QED) is 0.660. The number of nitrogens with zero attached hydrogens (tertiary/aromatic N) is 2. The van der Waals surface area contributed by atoms with Crippen LogP contribution in [0.2, 0.25) is 0 Å². The summed E-state index contributed by atoms with van der Waals surface area (Å²) in [5, 5.41) is 2.91. The van der Waals surface area contributed by atoms with Crippen LogP contribution >= 0.6 is 11.8 Å². The number of rotatable bonds is 7. The number of thioether (sulfide) groups is 1. The summed E-state index contributed by atoms with van der Waals surface area (Å²) in [6, 6.07) is 14.2. The Morgan fingerprint density at radius 1 is 1.16 bits per heavy atom. The predicted octanol–water partition coefficient (Wildman–Crippen LogP) is 3.48. The average Bonchev–Trinajstić information content (AvgIpc) is 3.13. The Kier molecular flexibility index (Phi) is 5.85. The van der Waals surface area contributed by atoms with Crippen LogP contribution in [0, 0.1) is 5.82 Å². The minimum Gasteiger partial charge on any atom is -0.351 e. The van der Waals surface area contributed by atoms with Gasteiger partial charge in [0, 0.05) is 30.4 Å². The number of carbonyl (C=O) groups excluding carboxylic acids is 1. The number of benzene rings is 2. The zero-order valence-electron chi connectivity index (χ0n) is 13.6. The van der Waals surface area contributed by atoms with Crippen LogP contribution < -0.4 is 5.32 Å². The molecule has 2 aromatic carbocycles. The smallest absolute Gasteiger partial charge is 0.230 e. The molecule has 1 heterocycles. The van der Waals surface area contributed by atoms with Crippen molar-refractivity contribution in [2.75, 3.05) is 5.75 Å². The van der Waals surface area contributed by atoms with Gasteiger partial charge in [0.15, 0.2) is 0 Å². The third-order valence-corrected chi connectivity index (χ3v) is 4.60. The van der Waals surface area contributed by atoms with E-state index < -0.39 is 0 Å². The molecule has 1 N–H and O–H groups in total. The minimum atomic E-state index is -0.274. The summed E-state index contributed by atoms with van der Waals surface area (Å²) in [6.45, 7) is 1.24. The van der Waals surface area contributed by atoms with Crippen molar-refractivity contribution in [2.24, 2.45) is 0 Å². The van der Waals surface area contributed by atoms with Crippen LogP contribution in [0.1, 0.15) is 11.1 Å². The van der Waals surface area contributed by atoms with E-state index in [-0.39, 0.29) is 11.7 Å². The summed E-state index contributed by atoms with van der Waals surface area (Å²) in [6.07, 6.45) is 5.45. The highest BCUT2D eigenvalue weighted by molar-refractivity contribution is 8.00. The maximum Gasteiger partial charge on any atom is 0.230 e. The number of halogens is 1. The molecular formula is C19H18FN3OS. The molecule has 0 aliphatic rings. The summed E-state index contributed by atoms with van der Waals surface area (Å²) < 4.78 is 14.8. The molecule has 0 saturated carbocycles. The molecule has 0 unspecified atom stereocenters. The Labute approximate surface area is 150 Å². The molecule has 0 bridgehead atoms. The Balaban J connectivity index is 1.47. The average molecular weight is 355 g/mol. The molecule has 25 heavy (non-hydrogen) atoms. The van der Waals surface area contributed by atoms with Gasteiger partial charge in [0.05, 0.1) is 12.1 Å². The number of aromatic nitrogens is 2. The van der Waals surface area contributed by atoms with Crippen molar-refractivity contribution < 1.29 is 9.18 Å². The van der Waals surface area contributed by atoms with Gasteiger partial charge in [-0.15, -0.1) is 11.8 Å². The van der Waals surface area contributed by atoms with Crippen molar-refractivity contribution >= 4 is 17.7 Å². The lowest BCUT2D eigenvalue weighted by Gasteiger charge is -2.08. The minimum absolute atomic E-state index is 0.0469. The third-order valence-electron chi connectivity index (χ3n) is 3.59. The molecule has 0 radical (unpaired) electrons. The molecule has 3 aromatic rings. The lowest BCUT2D eigenvalue weighted by atomic mass is 10.1. The fourth-order valence-corrected chi connectivity index (χ4v) is 3.09. The number of hydrogen-bond acceptors (Lipinski definition) is 3. The molecular weight excluding hydrogens is 337 g/mol. The van der Waals surface area contributed by atoms with Crippen molar-refractivity contribution in [3.05, 3.63) is 84.2 Å². The van der Waals surface area contributed by atoms with Crippen LogP contribution in [0.15, 0.2) is 72.1 Å². The van der Waals surface area contributed by atoms with Gasteiger partial charge in [0.1, 0.15) is 5.82 Å². The molecule has 1 amide bonds. The Morgan fingerprint density at radius 2 is 1.96 bits per heavy atom. The van der Waals surface area contributed by atoms with E-state index in [9.17, 15) is 9.18 Å². The Morgan fingerprint density at radius 3 is 2.72 bits per heavy atom. The van der Waals surface area contributed by atoms with E-state index >= 15 is 0 Å². The van der Waals surface area contributed by atoms with Crippen molar-refractivity contribution in [3.63, 3.8) is 0 Å². The molecule has 0 aliphatic carbocycles. The lowest BCUT2D eigenvalue weighted by Crippen LogP contribution is -2.24. The molecule has 3 rings (SSSR count). The van der Waals surface area contributed by atoms with Gasteiger partial charge in [-0.3, -0.25) is 4.79 Å². The lowest BCUT2D eigenvalue weighted by molar-refractivity contribution is -0.118. The molecule has 0 fully saturated rings. The highest BCUT2D eigenvalue weighted by Gasteiger charge is 2.04. The predicted molar refractivity (Wildman–Crippen MR) is 96.7 cm³/mol. The maximum absolute atomic E-state index is 12.9. The number of hydrogen-bond donors (Lipinski definition) is 1. The van der Waals surface area contributed by atoms with E-state index in [1.165, 1.54) is 23.9 Å². The fourth-order valence-electron chi connectivity index (χ4n) is 2.36. The van der Waals surface area contributed by atoms with E-state index in [1.54, 1.807) is 24.7 Å². The Hall–Kier alpha value is -2.60. The first-order valence-electron chi connectivity index (χ1n) is 7.88. The second-order valence-electron chi connectivity index (χ2n) is 5.57. The summed E-state index contributed by atoms with van der Waals surface area (Å²) in [4.78, 5) is 16.9. The van der Waals surface area contributed by atoms with E-state index in [2.05, 4.69) is 22.4 Å². The molecule has 4 nitrogen and oxygen atoms in total. The number of carbonyl (C=O) groups is 1. The molecule has 1 aromatic heterocycles. The monoisotopic (exact) mass is 355 g/mol. The van der Waals surface area contributed by atoms with Gasteiger partial charge < -0.3 is 9.88 Å². The highest BCUT2D eigenvalue weighted by atomic mass is 32.2. The van der Waals surface area contributed by atoms with Crippen LogP contribution in [0.5, 0.6) is 0 Å². The molecule has 0 aliphatic heterocycles. The fraction of sp³-hybridized carbons (Fsp3) is 0.158. The summed E-state index contributed by atoms with van der Waals surface area (Å²) in [5.74, 6) is -0.0147. The van der Waals surface area contributed by atoms with Crippen LogP contribution in [0.3, 0.4) is 0 Å². The Bertz CT molecular complexity index is 819. The molecule has 0 atom stereocenters. The third kappa shape index (κ3) is 5.46. The number of imidazole rings is 1. The first kappa shape index (κ1) is 17.2. The molecule has 128 valence electrons. The van der Waals surface area contributed by atoms with Gasteiger partial charge in [-0.25, -0.2) is 9.37 Å². The van der Waals surface area contributed by atoms with Crippen LogP contribution in [-0.2, 0) is 17.9 Å². The van der Waals surface area contributed by atoms with Crippen molar-refractivity contribution in [2.45, 2.75) is 18.0 Å². The SMILES string of the molecule is O=C(CSc1ccc(F)cc1)NCc1cccc(Cn2ccnc2)c1. The second kappa shape index (κ2) is 8.48. The molecule has 0 spiro atoms. The summed E-state index contributed by atoms with van der Waals surface area (Å²) in [5.41, 5.74) is 2.21. The van der Waals surface area contributed by atoms with Gasteiger partial charge in [-0.2, -0.15) is 0 Å². The van der Waals surface area contributed by atoms with Gasteiger partial charge in [-0.05, 0) is 35.4 Å². The normalized spacial score (nSPS) is 10.6. The van der Waals surface area contributed by atoms with Gasteiger partial charge in [0.2, 0.25) is 5.91 Å². The first-order chi connectivity index (χ1) is 12.2. The standard InChI is InChI=1S/C19H18FN3OS/c20-17-4-6-18(7-5-17)25-13-19(24)22-11-15-2-1-3-16(10-15)12-23-9-8-21-14-23/h1-10,14H,11-13H2,(H,22,24). The topological polar surface area (TPSA) is 46.9 Å². The zero-order valence-corrected chi connectivity index (χ0v) is 14.4. The van der Waals surface area contributed by atoms with E-state index in [4.69, 9.17) is 0 Å². The first-order valence-corrected chi connectivity index (χ1v) is 8.86. The van der Waals surface area contributed by atoms with Crippen LogP contribution in [0.4, 0.5) is 4.39 Å². The number of amides is 1. The summed E-state index contributed by atoms with van der Waals surface area (Å²) >= 11 is 1.39. The largest absolute Gasteiger partial charge is 0.351 e. The van der Waals surface area contributed by atoms with Crippen molar-refractivity contribution in [3.8, 4) is 0 Å². The van der Waals surface area contributed by atoms with Crippen molar-refractivity contribution in [1.82, 2.24) is 14.9 Å². The van der Waals surface area contributed by atoms with Gasteiger partial charge in [-0.1, -0.05) is 24.3 Å². The summed E-state index contributed by atoms with van der Waals surface area (Å²) in [7, 11) is 0.